The fraction of sp³-hybridized carbons (Fsp3) is 0.462. The number of para-hydroxylation sites is 1. The van der Waals surface area contributed by atoms with E-state index in [2.05, 4.69) is 5.32 Å². The van der Waals surface area contributed by atoms with E-state index in [-0.39, 0.29) is 12.1 Å². The van der Waals surface area contributed by atoms with Crippen LogP contribution in [0.3, 0.4) is 0 Å². The second-order valence-corrected chi connectivity index (χ2v) is 4.58. The standard InChI is InChI=1S/C13H16ClNO3/c1-17-13(16)12(11-7-4-8-18-11)15-10-6-3-2-5-9(10)14/h2-3,5-6,11-12,15H,4,7-8H2,1H3. The summed E-state index contributed by atoms with van der Waals surface area (Å²) < 4.78 is 10.4. The molecule has 0 amide bonds. The lowest BCUT2D eigenvalue weighted by Crippen LogP contribution is -2.41. The van der Waals surface area contributed by atoms with Gasteiger partial charge in [0.05, 0.1) is 23.9 Å². The molecule has 0 aliphatic carbocycles. The summed E-state index contributed by atoms with van der Waals surface area (Å²) in [4.78, 5) is 11.8. The zero-order chi connectivity index (χ0) is 13.0. The molecule has 1 fully saturated rings. The number of hydrogen-bond acceptors (Lipinski definition) is 4. The number of methoxy groups -OCH3 is 1. The molecular formula is C13H16ClNO3. The monoisotopic (exact) mass is 269 g/mol. The van der Waals surface area contributed by atoms with Crippen molar-refractivity contribution in [3.8, 4) is 0 Å². The van der Waals surface area contributed by atoms with Gasteiger partial charge in [-0.15, -0.1) is 0 Å². The van der Waals surface area contributed by atoms with Gasteiger partial charge < -0.3 is 14.8 Å². The van der Waals surface area contributed by atoms with Crippen LogP contribution in [0.15, 0.2) is 24.3 Å². The van der Waals surface area contributed by atoms with Crippen LogP contribution in [0.2, 0.25) is 5.02 Å². The molecule has 2 atom stereocenters. The van der Waals surface area contributed by atoms with Crippen LogP contribution in [0.4, 0.5) is 5.69 Å². The minimum Gasteiger partial charge on any atom is -0.467 e. The second kappa shape index (κ2) is 6.07. The predicted octanol–water partition coefficient (Wildman–Crippen LogP) is 2.47. The van der Waals surface area contributed by atoms with Crippen LogP contribution in [0.5, 0.6) is 0 Å². The first kappa shape index (κ1) is 13.2. The Balaban J connectivity index is 2.14. The number of benzene rings is 1. The van der Waals surface area contributed by atoms with Gasteiger partial charge >= 0.3 is 5.97 Å². The number of nitrogens with one attached hydrogen (secondary N) is 1. The van der Waals surface area contributed by atoms with E-state index in [1.807, 2.05) is 18.2 Å². The van der Waals surface area contributed by atoms with Crippen molar-refractivity contribution < 1.29 is 14.3 Å². The van der Waals surface area contributed by atoms with Crippen LogP contribution in [0, 0.1) is 0 Å². The first-order valence-electron chi connectivity index (χ1n) is 5.93. The summed E-state index contributed by atoms with van der Waals surface area (Å²) in [7, 11) is 1.37. The minimum absolute atomic E-state index is 0.159. The Morgan fingerprint density at radius 2 is 2.33 bits per heavy atom. The molecule has 0 aromatic heterocycles. The second-order valence-electron chi connectivity index (χ2n) is 4.18. The van der Waals surface area contributed by atoms with E-state index in [1.165, 1.54) is 7.11 Å². The number of esters is 1. The normalized spacial score (nSPS) is 20.4. The molecule has 2 rings (SSSR count). The number of anilines is 1. The molecule has 1 aromatic rings. The Labute approximate surface area is 111 Å². The third-order valence-electron chi connectivity index (χ3n) is 2.98. The molecule has 1 aliphatic rings. The maximum absolute atomic E-state index is 11.8. The first-order valence-corrected chi connectivity index (χ1v) is 6.30. The molecular weight excluding hydrogens is 254 g/mol. The Bertz CT molecular complexity index is 418. The largest absolute Gasteiger partial charge is 0.467 e. The van der Waals surface area contributed by atoms with Gasteiger partial charge in [0.2, 0.25) is 0 Å². The molecule has 2 unspecified atom stereocenters. The zero-order valence-corrected chi connectivity index (χ0v) is 10.9. The summed E-state index contributed by atoms with van der Waals surface area (Å²) in [5.41, 5.74) is 0.713. The topological polar surface area (TPSA) is 47.6 Å². The van der Waals surface area contributed by atoms with Crippen LogP contribution >= 0.6 is 11.6 Å². The summed E-state index contributed by atoms with van der Waals surface area (Å²) in [6.45, 7) is 0.683. The van der Waals surface area contributed by atoms with E-state index in [0.29, 0.717) is 17.3 Å². The fourth-order valence-corrected chi connectivity index (χ4v) is 2.23. The van der Waals surface area contributed by atoms with Crippen LogP contribution in [-0.2, 0) is 14.3 Å². The Morgan fingerprint density at radius 1 is 1.56 bits per heavy atom. The highest BCUT2D eigenvalue weighted by molar-refractivity contribution is 6.33. The molecule has 0 bridgehead atoms. The number of halogens is 1. The molecule has 0 radical (unpaired) electrons. The molecule has 98 valence electrons. The SMILES string of the molecule is COC(=O)C(Nc1ccccc1Cl)C1CCCO1. The van der Waals surface area contributed by atoms with Crippen LogP contribution in [0.1, 0.15) is 12.8 Å². The Kier molecular flexibility index (Phi) is 4.44. The molecule has 0 spiro atoms. The van der Waals surface area contributed by atoms with E-state index in [1.54, 1.807) is 6.07 Å². The van der Waals surface area contributed by atoms with E-state index >= 15 is 0 Å². The molecule has 1 N–H and O–H groups in total. The number of carbonyl (C=O) groups excluding carboxylic acids is 1. The number of carbonyl (C=O) groups is 1. The maximum Gasteiger partial charge on any atom is 0.331 e. The number of ether oxygens (including phenoxy) is 2. The van der Waals surface area contributed by atoms with Gasteiger partial charge in [0.25, 0.3) is 0 Å². The van der Waals surface area contributed by atoms with Gasteiger partial charge in [-0.3, -0.25) is 0 Å². The third kappa shape index (κ3) is 2.94. The van der Waals surface area contributed by atoms with Gasteiger partial charge in [-0.25, -0.2) is 4.79 Å². The summed E-state index contributed by atoms with van der Waals surface area (Å²) in [5.74, 6) is -0.332. The first-order chi connectivity index (χ1) is 8.72. The molecule has 1 aliphatic heterocycles. The smallest absolute Gasteiger partial charge is 0.331 e. The summed E-state index contributed by atoms with van der Waals surface area (Å²) in [6, 6.07) is 6.78. The molecule has 0 saturated carbocycles. The minimum atomic E-state index is -0.516. The van der Waals surface area contributed by atoms with Crippen molar-refractivity contribution in [3.05, 3.63) is 29.3 Å². The summed E-state index contributed by atoms with van der Waals surface area (Å²) in [6.07, 6.45) is 1.65. The van der Waals surface area contributed by atoms with Crippen molar-refractivity contribution in [2.75, 3.05) is 19.0 Å². The van der Waals surface area contributed by atoms with E-state index < -0.39 is 6.04 Å². The van der Waals surface area contributed by atoms with Gasteiger partial charge in [0.15, 0.2) is 6.04 Å². The molecule has 1 saturated heterocycles. The average Bonchev–Trinajstić information content (AvgIpc) is 2.90. The van der Waals surface area contributed by atoms with Crippen molar-refractivity contribution in [2.24, 2.45) is 0 Å². The molecule has 5 heteroatoms. The lowest BCUT2D eigenvalue weighted by atomic mass is 10.1. The summed E-state index contributed by atoms with van der Waals surface area (Å²) >= 11 is 6.07. The van der Waals surface area contributed by atoms with Crippen LogP contribution in [0.25, 0.3) is 0 Å². The van der Waals surface area contributed by atoms with E-state index in [4.69, 9.17) is 21.1 Å². The highest BCUT2D eigenvalue weighted by atomic mass is 35.5. The van der Waals surface area contributed by atoms with Gasteiger partial charge in [-0.05, 0) is 25.0 Å². The van der Waals surface area contributed by atoms with Crippen molar-refractivity contribution in [3.63, 3.8) is 0 Å². The van der Waals surface area contributed by atoms with Crippen LogP contribution < -0.4 is 5.32 Å². The number of rotatable bonds is 4. The average molecular weight is 270 g/mol. The van der Waals surface area contributed by atoms with Gasteiger partial charge in [-0.2, -0.15) is 0 Å². The van der Waals surface area contributed by atoms with E-state index in [0.717, 1.165) is 12.8 Å². The van der Waals surface area contributed by atoms with Crippen molar-refractivity contribution in [1.82, 2.24) is 0 Å². The molecule has 18 heavy (non-hydrogen) atoms. The quantitative estimate of drug-likeness (QED) is 0.853. The van der Waals surface area contributed by atoms with Crippen LogP contribution in [-0.4, -0.2) is 31.8 Å². The highest BCUT2D eigenvalue weighted by Gasteiger charge is 2.32. The Morgan fingerprint density at radius 3 is 2.94 bits per heavy atom. The molecule has 1 heterocycles. The van der Waals surface area contributed by atoms with Crippen molar-refractivity contribution >= 4 is 23.3 Å². The van der Waals surface area contributed by atoms with Crippen molar-refractivity contribution in [1.29, 1.82) is 0 Å². The van der Waals surface area contributed by atoms with Gasteiger partial charge in [0.1, 0.15) is 0 Å². The highest BCUT2D eigenvalue weighted by Crippen LogP contribution is 2.25. The Hall–Kier alpha value is -1.26. The summed E-state index contributed by atoms with van der Waals surface area (Å²) in [5, 5.41) is 3.68. The number of hydrogen-bond donors (Lipinski definition) is 1. The molecule has 4 nitrogen and oxygen atoms in total. The van der Waals surface area contributed by atoms with Crippen molar-refractivity contribution in [2.45, 2.75) is 25.0 Å². The van der Waals surface area contributed by atoms with Gasteiger partial charge in [-0.1, -0.05) is 23.7 Å². The lowest BCUT2D eigenvalue weighted by Gasteiger charge is -2.23. The predicted molar refractivity (Wildman–Crippen MR) is 69.9 cm³/mol. The maximum atomic E-state index is 11.8. The molecule has 1 aromatic carbocycles. The zero-order valence-electron chi connectivity index (χ0n) is 10.2. The van der Waals surface area contributed by atoms with Gasteiger partial charge in [0, 0.05) is 6.61 Å². The fourth-order valence-electron chi connectivity index (χ4n) is 2.04. The van der Waals surface area contributed by atoms with E-state index in [9.17, 15) is 4.79 Å². The lowest BCUT2D eigenvalue weighted by molar-refractivity contribution is -0.144. The third-order valence-corrected chi connectivity index (χ3v) is 3.31.